The Balaban J connectivity index is 0.00000338. The normalized spacial score (nSPS) is 12.1. The van der Waals surface area contributed by atoms with E-state index in [0.717, 1.165) is 5.56 Å². The minimum Gasteiger partial charge on any atom is -0.508 e. The maximum Gasteiger partial charge on any atom is 0.191 e. The average Bonchev–Trinajstić information content (AvgIpc) is 2.59. The first-order valence-corrected chi connectivity index (χ1v) is 8.48. The molecule has 0 fully saturated rings. The molecule has 0 spiro atoms. The third-order valence-corrected chi connectivity index (χ3v) is 4.30. The SMILES string of the molecule is CN=C(NCc1cc(OC)ccc1O)NC(C)c1ccc(Cl)cc1Cl.I. The molecule has 0 aromatic heterocycles. The number of phenolic OH excluding ortho intramolecular Hbond substituents is 1. The van der Waals surface area contributed by atoms with Crippen LogP contribution in [0.3, 0.4) is 0 Å². The van der Waals surface area contributed by atoms with Gasteiger partial charge in [-0.2, -0.15) is 0 Å². The number of hydrogen-bond acceptors (Lipinski definition) is 3. The van der Waals surface area contributed by atoms with Gasteiger partial charge in [0.25, 0.3) is 0 Å². The lowest BCUT2D eigenvalue weighted by Crippen LogP contribution is -2.38. The van der Waals surface area contributed by atoms with Crippen molar-refractivity contribution in [3.05, 3.63) is 57.6 Å². The molecule has 0 saturated heterocycles. The minimum absolute atomic E-state index is 0. The Morgan fingerprint density at radius 3 is 2.58 bits per heavy atom. The number of methoxy groups -OCH3 is 1. The van der Waals surface area contributed by atoms with E-state index in [1.54, 1.807) is 44.5 Å². The number of halogens is 3. The molecule has 0 heterocycles. The molecule has 2 rings (SSSR count). The van der Waals surface area contributed by atoms with Crippen molar-refractivity contribution in [2.45, 2.75) is 19.5 Å². The Labute approximate surface area is 180 Å². The molecule has 1 unspecified atom stereocenters. The van der Waals surface area contributed by atoms with Gasteiger partial charge in [-0.05, 0) is 42.8 Å². The summed E-state index contributed by atoms with van der Waals surface area (Å²) in [5, 5.41) is 17.6. The molecule has 3 N–H and O–H groups in total. The fourth-order valence-corrected chi connectivity index (χ4v) is 2.91. The van der Waals surface area contributed by atoms with E-state index < -0.39 is 0 Å². The standard InChI is InChI=1S/C18H21Cl2N3O2.HI/c1-11(15-6-4-13(19)9-16(15)20)23-18(21-2)22-10-12-8-14(25-3)5-7-17(12)24;/h4-9,11,24H,10H2,1-3H3,(H2,21,22,23);1H. The van der Waals surface area contributed by atoms with Crippen molar-refractivity contribution in [2.75, 3.05) is 14.2 Å². The number of aromatic hydroxyl groups is 1. The van der Waals surface area contributed by atoms with Gasteiger partial charge in [0.2, 0.25) is 0 Å². The number of guanidine groups is 1. The van der Waals surface area contributed by atoms with Gasteiger partial charge < -0.3 is 20.5 Å². The second-order valence-electron chi connectivity index (χ2n) is 5.45. The van der Waals surface area contributed by atoms with E-state index in [9.17, 15) is 5.11 Å². The maximum absolute atomic E-state index is 9.95. The molecule has 0 aliphatic rings. The van der Waals surface area contributed by atoms with Crippen LogP contribution >= 0.6 is 47.2 Å². The summed E-state index contributed by atoms with van der Waals surface area (Å²) in [7, 11) is 3.26. The molecule has 0 saturated carbocycles. The van der Waals surface area contributed by atoms with Crippen LogP contribution in [0.1, 0.15) is 24.1 Å². The van der Waals surface area contributed by atoms with E-state index in [0.29, 0.717) is 33.9 Å². The third kappa shape index (κ3) is 6.10. The zero-order valence-electron chi connectivity index (χ0n) is 14.7. The van der Waals surface area contributed by atoms with Gasteiger partial charge in [-0.3, -0.25) is 4.99 Å². The van der Waals surface area contributed by atoms with E-state index in [1.165, 1.54) is 0 Å². The van der Waals surface area contributed by atoms with Gasteiger partial charge in [0.05, 0.1) is 13.2 Å². The number of benzene rings is 2. The molecule has 0 aliphatic carbocycles. The molecular weight excluding hydrogens is 488 g/mol. The molecular formula is C18H22Cl2IN3O2. The van der Waals surface area contributed by atoms with E-state index in [-0.39, 0.29) is 35.8 Å². The number of ether oxygens (including phenoxy) is 1. The first-order chi connectivity index (χ1) is 11.9. The monoisotopic (exact) mass is 509 g/mol. The van der Waals surface area contributed by atoms with Crippen molar-refractivity contribution in [1.82, 2.24) is 10.6 Å². The minimum atomic E-state index is -0.0742. The highest BCUT2D eigenvalue weighted by Crippen LogP contribution is 2.26. The number of aliphatic imine (C=N–C) groups is 1. The van der Waals surface area contributed by atoms with Crippen LogP contribution in [0.5, 0.6) is 11.5 Å². The summed E-state index contributed by atoms with van der Waals surface area (Å²) in [5.41, 5.74) is 1.62. The Kier molecular flexibility index (Phi) is 9.32. The first-order valence-electron chi connectivity index (χ1n) is 7.72. The Morgan fingerprint density at radius 2 is 1.96 bits per heavy atom. The summed E-state index contributed by atoms with van der Waals surface area (Å²) in [6.45, 7) is 2.37. The number of nitrogens with one attached hydrogen (secondary N) is 2. The van der Waals surface area contributed by atoms with Gasteiger partial charge >= 0.3 is 0 Å². The van der Waals surface area contributed by atoms with Gasteiger partial charge in [0, 0.05) is 29.2 Å². The van der Waals surface area contributed by atoms with Crippen molar-refractivity contribution in [2.24, 2.45) is 4.99 Å². The highest BCUT2D eigenvalue weighted by atomic mass is 127. The van der Waals surface area contributed by atoms with Crippen molar-refractivity contribution in [3.8, 4) is 11.5 Å². The van der Waals surface area contributed by atoms with Crippen molar-refractivity contribution in [1.29, 1.82) is 0 Å². The average molecular weight is 510 g/mol. The van der Waals surface area contributed by atoms with Gasteiger partial charge in [-0.1, -0.05) is 29.3 Å². The maximum atomic E-state index is 9.95. The zero-order valence-corrected chi connectivity index (χ0v) is 18.6. The molecule has 5 nitrogen and oxygen atoms in total. The molecule has 0 aliphatic heterocycles. The molecule has 1 atom stereocenters. The Bertz CT molecular complexity index is 772. The number of rotatable bonds is 5. The highest BCUT2D eigenvalue weighted by molar-refractivity contribution is 14.0. The zero-order chi connectivity index (χ0) is 18.4. The number of phenols is 1. The van der Waals surface area contributed by atoms with Gasteiger partial charge in [0.1, 0.15) is 11.5 Å². The summed E-state index contributed by atoms with van der Waals surface area (Å²) in [5.74, 6) is 1.46. The van der Waals surface area contributed by atoms with Crippen molar-refractivity contribution in [3.63, 3.8) is 0 Å². The van der Waals surface area contributed by atoms with Gasteiger partial charge in [-0.15, -0.1) is 24.0 Å². The molecule has 0 amide bonds. The van der Waals surface area contributed by atoms with Crippen LogP contribution in [0.15, 0.2) is 41.4 Å². The lowest BCUT2D eigenvalue weighted by Gasteiger charge is -2.19. The molecule has 26 heavy (non-hydrogen) atoms. The second kappa shape index (κ2) is 10.7. The summed E-state index contributed by atoms with van der Waals surface area (Å²) >= 11 is 12.2. The Hall–Kier alpha value is -1.38. The van der Waals surface area contributed by atoms with Crippen LogP contribution in [0.25, 0.3) is 0 Å². The quantitative estimate of drug-likeness (QED) is 0.309. The van der Waals surface area contributed by atoms with E-state index >= 15 is 0 Å². The smallest absolute Gasteiger partial charge is 0.191 e. The molecule has 0 bridgehead atoms. The van der Waals surface area contributed by atoms with Crippen LogP contribution in [-0.2, 0) is 6.54 Å². The van der Waals surface area contributed by atoms with Crippen LogP contribution in [0.4, 0.5) is 0 Å². The van der Waals surface area contributed by atoms with E-state index in [1.807, 2.05) is 13.0 Å². The highest BCUT2D eigenvalue weighted by Gasteiger charge is 2.12. The van der Waals surface area contributed by atoms with Crippen LogP contribution < -0.4 is 15.4 Å². The topological polar surface area (TPSA) is 65.9 Å². The second-order valence-corrected chi connectivity index (χ2v) is 6.30. The van der Waals surface area contributed by atoms with Crippen LogP contribution in [0.2, 0.25) is 10.0 Å². The Morgan fingerprint density at radius 1 is 1.23 bits per heavy atom. The third-order valence-electron chi connectivity index (χ3n) is 3.74. The lowest BCUT2D eigenvalue weighted by atomic mass is 10.1. The summed E-state index contributed by atoms with van der Waals surface area (Å²) in [6.07, 6.45) is 0. The molecule has 2 aromatic carbocycles. The first kappa shape index (κ1) is 22.7. The fourth-order valence-electron chi connectivity index (χ4n) is 2.34. The molecule has 0 radical (unpaired) electrons. The molecule has 142 valence electrons. The largest absolute Gasteiger partial charge is 0.508 e. The van der Waals surface area contributed by atoms with Gasteiger partial charge in [-0.25, -0.2) is 0 Å². The summed E-state index contributed by atoms with van der Waals surface area (Å²) < 4.78 is 5.18. The molecule has 8 heteroatoms. The van der Waals surface area contributed by atoms with E-state index in [4.69, 9.17) is 27.9 Å². The lowest BCUT2D eigenvalue weighted by molar-refractivity contribution is 0.410. The molecule has 2 aromatic rings. The summed E-state index contributed by atoms with van der Waals surface area (Å²) in [6, 6.07) is 10.4. The van der Waals surface area contributed by atoms with Crippen LogP contribution in [0, 0.1) is 0 Å². The fraction of sp³-hybridized carbons (Fsp3) is 0.278. The van der Waals surface area contributed by atoms with Crippen molar-refractivity contribution < 1.29 is 9.84 Å². The predicted octanol–water partition coefficient (Wildman–Crippen LogP) is 4.75. The van der Waals surface area contributed by atoms with Gasteiger partial charge in [0.15, 0.2) is 5.96 Å². The van der Waals surface area contributed by atoms with E-state index in [2.05, 4.69) is 15.6 Å². The van der Waals surface area contributed by atoms with Crippen molar-refractivity contribution >= 4 is 53.1 Å². The number of hydrogen-bond donors (Lipinski definition) is 3. The summed E-state index contributed by atoms with van der Waals surface area (Å²) in [4.78, 5) is 4.20. The van der Waals surface area contributed by atoms with Crippen LogP contribution in [-0.4, -0.2) is 25.2 Å². The predicted molar refractivity (Wildman–Crippen MR) is 118 cm³/mol. The number of nitrogens with zero attached hydrogens (tertiary/aromatic N) is 1.